The minimum Gasteiger partial charge on any atom is -0.316 e. The summed E-state index contributed by atoms with van der Waals surface area (Å²) in [6.07, 6.45) is 6.16. The van der Waals surface area contributed by atoms with Crippen molar-refractivity contribution in [3.63, 3.8) is 0 Å². The zero-order valence-electron chi connectivity index (χ0n) is 11.4. The standard InChI is InChI=1S/C14H23N3.ClH/c1-14(6-9-16-11-14)12-17(2)10-5-13-3-7-15-8-4-13;/h3-4,7-8,16H,5-6,9-12H2,1-2H3;1H. The Kier molecular flexibility index (Phi) is 6.06. The van der Waals surface area contributed by atoms with E-state index >= 15 is 0 Å². The third-order valence-electron chi connectivity index (χ3n) is 3.64. The van der Waals surface area contributed by atoms with Crippen LogP contribution >= 0.6 is 12.4 Å². The van der Waals surface area contributed by atoms with Crippen molar-refractivity contribution in [1.29, 1.82) is 0 Å². The Balaban J connectivity index is 0.00000162. The molecule has 3 nitrogen and oxygen atoms in total. The highest BCUT2D eigenvalue weighted by Crippen LogP contribution is 2.25. The van der Waals surface area contributed by atoms with Crippen molar-refractivity contribution >= 4 is 12.4 Å². The quantitative estimate of drug-likeness (QED) is 0.886. The van der Waals surface area contributed by atoms with Crippen molar-refractivity contribution in [3.05, 3.63) is 30.1 Å². The Bertz CT molecular complexity index is 336. The van der Waals surface area contributed by atoms with Crippen molar-refractivity contribution in [2.45, 2.75) is 19.8 Å². The lowest BCUT2D eigenvalue weighted by atomic mass is 9.89. The Morgan fingerprint density at radius 2 is 2.11 bits per heavy atom. The first kappa shape index (κ1) is 15.4. The molecule has 0 aromatic carbocycles. The molecule has 1 aromatic heterocycles. The zero-order chi connectivity index (χ0) is 12.1. The molecular weight excluding hydrogens is 246 g/mol. The second-order valence-electron chi connectivity index (χ2n) is 5.58. The Morgan fingerprint density at radius 3 is 2.72 bits per heavy atom. The Labute approximate surface area is 116 Å². The molecule has 1 aliphatic heterocycles. The molecule has 1 saturated heterocycles. The number of nitrogens with one attached hydrogen (secondary N) is 1. The maximum Gasteiger partial charge on any atom is 0.0270 e. The van der Waals surface area contributed by atoms with Crippen molar-refractivity contribution in [3.8, 4) is 0 Å². The number of rotatable bonds is 5. The second kappa shape index (κ2) is 7.07. The maximum atomic E-state index is 4.04. The van der Waals surface area contributed by atoms with Crippen LogP contribution in [-0.4, -0.2) is 43.1 Å². The van der Waals surface area contributed by atoms with Crippen LogP contribution in [0.2, 0.25) is 0 Å². The van der Waals surface area contributed by atoms with Gasteiger partial charge >= 0.3 is 0 Å². The van der Waals surface area contributed by atoms with Crippen LogP contribution in [0.15, 0.2) is 24.5 Å². The van der Waals surface area contributed by atoms with Crippen LogP contribution < -0.4 is 5.32 Å². The fourth-order valence-electron chi connectivity index (χ4n) is 2.60. The van der Waals surface area contributed by atoms with Crippen molar-refractivity contribution in [2.75, 3.05) is 33.2 Å². The van der Waals surface area contributed by atoms with Crippen LogP contribution in [0.1, 0.15) is 18.9 Å². The number of aromatic nitrogens is 1. The Hall–Kier alpha value is -0.640. The third-order valence-corrected chi connectivity index (χ3v) is 3.64. The number of likely N-dealkylation sites (N-methyl/N-ethyl adjacent to an activating group) is 1. The fourth-order valence-corrected chi connectivity index (χ4v) is 2.60. The molecule has 2 heterocycles. The van der Waals surface area contributed by atoms with Crippen LogP contribution in [0.25, 0.3) is 0 Å². The van der Waals surface area contributed by atoms with E-state index in [1.165, 1.54) is 25.1 Å². The molecule has 18 heavy (non-hydrogen) atoms. The van der Waals surface area contributed by atoms with E-state index in [0.29, 0.717) is 5.41 Å². The molecule has 2 rings (SSSR count). The van der Waals surface area contributed by atoms with Crippen LogP contribution in [-0.2, 0) is 6.42 Å². The number of hydrogen-bond donors (Lipinski definition) is 1. The van der Waals surface area contributed by atoms with Gasteiger partial charge in [-0.25, -0.2) is 0 Å². The summed E-state index contributed by atoms with van der Waals surface area (Å²) < 4.78 is 0. The largest absolute Gasteiger partial charge is 0.316 e. The van der Waals surface area contributed by atoms with Gasteiger partial charge in [-0.2, -0.15) is 0 Å². The predicted octanol–water partition coefficient (Wildman–Crippen LogP) is 1.98. The van der Waals surface area contributed by atoms with Gasteiger partial charge in [-0.05, 0) is 49.5 Å². The summed E-state index contributed by atoms with van der Waals surface area (Å²) in [5.41, 5.74) is 1.84. The van der Waals surface area contributed by atoms with Crippen molar-refractivity contribution < 1.29 is 0 Å². The molecule has 0 radical (unpaired) electrons. The normalized spacial score (nSPS) is 23.1. The first-order chi connectivity index (χ1) is 8.18. The Morgan fingerprint density at radius 1 is 1.39 bits per heavy atom. The third kappa shape index (κ3) is 4.56. The van der Waals surface area contributed by atoms with E-state index in [0.717, 1.165) is 19.5 Å². The van der Waals surface area contributed by atoms with Gasteiger partial charge in [0.25, 0.3) is 0 Å². The molecular formula is C14H24ClN3. The summed E-state index contributed by atoms with van der Waals surface area (Å²) in [6, 6.07) is 4.21. The van der Waals surface area contributed by atoms with Crippen LogP contribution in [0.5, 0.6) is 0 Å². The van der Waals surface area contributed by atoms with Gasteiger partial charge < -0.3 is 10.2 Å². The first-order valence-electron chi connectivity index (χ1n) is 6.46. The van der Waals surface area contributed by atoms with Crippen LogP contribution in [0.3, 0.4) is 0 Å². The highest BCUT2D eigenvalue weighted by Gasteiger charge is 2.29. The average molecular weight is 270 g/mol. The van der Waals surface area contributed by atoms with E-state index in [2.05, 4.69) is 41.3 Å². The topological polar surface area (TPSA) is 28.2 Å². The molecule has 102 valence electrons. The molecule has 1 aromatic rings. The molecule has 1 atom stereocenters. The molecule has 1 N–H and O–H groups in total. The van der Waals surface area contributed by atoms with Gasteiger partial charge in [-0.15, -0.1) is 12.4 Å². The van der Waals surface area contributed by atoms with Crippen LogP contribution in [0, 0.1) is 5.41 Å². The highest BCUT2D eigenvalue weighted by atomic mass is 35.5. The summed E-state index contributed by atoms with van der Waals surface area (Å²) in [5.74, 6) is 0. The SMILES string of the molecule is CN(CCc1ccncc1)CC1(C)CCNC1.Cl. The molecule has 1 unspecified atom stereocenters. The maximum absolute atomic E-state index is 4.04. The zero-order valence-corrected chi connectivity index (χ0v) is 12.2. The summed E-state index contributed by atoms with van der Waals surface area (Å²) in [7, 11) is 2.23. The second-order valence-corrected chi connectivity index (χ2v) is 5.58. The van der Waals surface area contributed by atoms with E-state index in [9.17, 15) is 0 Å². The molecule has 0 aliphatic carbocycles. The summed E-state index contributed by atoms with van der Waals surface area (Å²) >= 11 is 0. The lowest BCUT2D eigenvalue weighted by Crippen LogP contribution is -2.36. The minimum atomic E-state index is 0. The number of pyridine rings is 1. The van der Waals surface area contributed by atoms with Gasteiger partial charge in [0.2, 0.25) is 0 Å². The van der Waals surface area contributed by atoms with E-state index in [-0.39, 0.29) is 12.4 Å². The smallest absolute Gasteiger partial charge is 0.0270 e. The van der Waals surface area contributed by atoms with Gasteiger partial charge in [0.05, 0.1) is 0 Å². The first-order valence-corrected chi connectivity index (χ1v) is 6.46. The molecule has 0 saturated carbocycles. The van der Waals surface area contributed by atoms with E-state index < -0.39 is 0 Å². The summed E-state index contributed by atoms with van der Waals surface area (Å²) in [4.78, 5) is 6.50. The number of nitrogens with zero attached hydrogens (tertiary/aromatic N) is 2. The monoisotopic (exact) mass is 269 g/mol. The summed E-state index contributed by atoms with van der Waals surface area (Å²) in [5, 5.41) is 3.46. The van der Waals surface area contributed by atoms with Gasteiger partial charge in [-0.3, -0.25) is 4.98 Å². The van der Waals surface area contributed by atoms with E-state index in [1.807, 2.05) is 12.4 Å². The lowest BCUT2D eigenvalue weighted by molar-refractivity contribution is 0.211. The molecule has 0 bridgehead atoms. The van der Waals surface area contributed by atoms with Crippen LogP contribution in [0.4, 0.5) is 0 Å². The molecule has 0 amide bonds. The minimum absolute atomic E-state index is 0. The number of halogens is 1. The van der Waals surface area contributed by atoms with E-state index in [1.54, 1.807) is 0 Å². The van der Waals surface area contributed by atoms with Crippen molar-refractivity contribution in [1.82, 2.24) is 15.2 Å². The predicted molar refractivity (Wildman–Crippen MR) is 78.3 cm³/mol. The fraction of sp³-hybridized carbons (Fsp3) is 0.643. The van der Waals surface area contributed by atoms with E-state index in [4.69, 9.17) is 0 Å². The number of hydrogen-bond acceptors (Lipinski definition) is 3. The van der Waals surface area contributed by atoms with Gasteiger partial charge in [0, 0.05) is 32.0 Å². The lowest BCUT2D eigenvalue weighted by Gasteiger charge is -2.29. The molecule has 0 spiro atoms. The van der Waals surface area contributed by atoms with Gasteiger partial charge in [0.15, 0.2) is 0 Å². The highest BCUT2D eigenvalue weighted by molar-refractivity contribution is 5.85. The summed E-state index contributed by atoms with van der Waals surface area (Å²) in [6.45, 7) is 7.03. The average Bonchev–Trinajstić information content (AvgIpc) is 2.74. The van der Waals surface area contributed by atoms with Crippen molar-refractivity contribution in [2.24, 2.45) is 5.41 Å². The molecule has 4 heteroatoms. The molecule has 1 aliphatic rings. The van der Waals surface area contributed by atoms with Gasteiger partial charge in [0.1, 0.15) is 0 Å². The molecule has 1 fully saturated rings. The van der Waals surface area contributed by atoms with Gasteiger partial charge in [-0.1, -0.05) is 6.92 Å².